The molecular formula is C13H20N2O4. The molecule has 0 saturated heterocycles. The second-order valence-corrected chi connectivity index (χ2v) is 4.56. The molecule has 2 amide bonds. The molecule has 0 aromatic rings. The van der Waals surface area contributed by atoms with Crippen LogP contribution in [-0.2, 0) is 14.4 Å². The molecule has 0 fully saturated rings. The molecule has 0 saturated carbocycles. The van der Waals surface area contributed by atoms with Crippen LogP contribution < -0.4 is 10.6 Å². The lowest BCUT2D eigenvalue weighted by atomic mass is 9.82. The third-order valence-corrected chi connectivity index (χ3v) is 3.08. The molecule has 19 heavy (non-hydrogen) atoms. The SMILES string of the molecule is CCCNC(=O)CNC(=O)[C@@H]1CC=CC[C@@H]1C(=O)O. The van der Waals surface area contributed by atoms with Gasteiger partial charge in [0.05, 0.1) is 18.4 Å². The van der Waals surface area contributed by atoms with Gasteiger partial charge in [-0.2, -0.15) is 0 Å². The highest BCUT2D eigenvalue weighted by atomic mass is 16.4. The highest BCUT2D eigenvalue weighted by Gasteiger charge is 2.33. The summed E-state index contributed by atoms with van der Waals surface area (Å²) in [5.41, 5.74) is 0. The van der Waals surface area contributed by atoms with Crippen molar-refractivity contribution in [2.75, 3.05) is 13.1 Å². The lowest BCUT2D eigenvalue weighted by Gasteiger charge is -2.24. The van der Waals surface area contributed by atoms with Crippen molar-refractivity contribution in [3.05, 3.63) is 12.2 Å². The molecule has 6 heteroatoms. The summed E-state index contributed by atoms with van der Waals surface area (Å²) < 4.78 is 0. The summed E-state index contributed by atoms with van der Waals surface area (Å²) in [7, 11) is 0. The van der Waals surface area contributed by atoms with E-state index in [1.807, 2.05) is 6.92 Å². The molecule has 2 atom stereocenters. The van der Waals surface area contributed by atoms with Crippen molar-refractivity contribution in [1.82, 2.24) is 10.6 Å². The fourth-order valence-corrected chi connectivity index (χ4v) is 2.00. The molecule has 6 nitrogen and oxygen atoms in total. The van der Waals surface area contributed by atoms with E-state index in [4.69, 9.17) is 5.11 Å². The van der Waals surface area contributed by atoms with Crippen molar-refractivity contribution in [2.24, 2.45) is 11.8 Å². The molecule has 0 radical (unpaired) electrons. The topological polar surface area (TPSA) is 95.5 Å². The number of amides is 2. The quantitative estimate of drug-likeness (QED) is 0.604. The van der Waals surface area contributed by atoms with Gasteiger partial charge in [0, 0.05) is 6.54 Å². The van der Waals surface area contributed by atoms with Crippen molar-refractivity contribution in [3.8, 4) is 0 Å². The first-order chi connectivity index (χ1) is 9.06. The second-order valence-electron chi connectivity index (χ2n) is 4.56. The maximum absolute atomic E-state index is 11.9. The molecule has 3 N–H and O–H groups in total. The number of hydrogen-bond acceptors (Lipinski definition) is 3. The van der Waals surface area contributed by atoms with E-state index in [0.29, 0.717) is 19.4 Å². The van der Waals surface area contributed by atoms with Gasteiger partial charge >= 0.3 is 5.97 Å². The fraction of sp³-hybridized carbons (Fsp3) is 0.615. The zero-order valence-electron chi connectivity index (χ0n) is 11.0. The number of carboxylic acid groups (broad SMARTS) is 1. The minimum Gasteiger partial charge on any atom is -0.481 e. The van der Waals surface area contributed by atoms with Crippen LogP contribution in [0.2, 0.25) is 0 Å². The Morgan fingerprint density at radius 3 is 2.37 bits per heavy atom. The molecule has 1 aliphatic rings. The summed E-state index contributed by atoms with van der Waals surface area (Å²) in [6.07, 6.45) is 5.17. The van der Waals surface area contributed by atoms with E-state index in [9.17, 15) is 14.4 Å². The van der Waals surface area contributed by atoms with Crippen LogP contribution in [0.15, 0.2) is 12.2 Å². The van der Waals surface area contributed by atoms with Gasteiger partial charge in [-0.15, -0.1) is 0 Å². The summed E-state index contributed by atoms with van der Waals surface area (Å²) in [5.74, 6) is -2.90. The Morgan fingerprint density at radius 1 is 1.16 bits per heavy atom. The van der Waals surface area contributed by atoms with E-state index in [0.717, 1.165) is 6.42 Å². The Hall–Kier alpha value is -1.85. The number of aliphatic carboxylic acids is 1. The maximum Gasteiger partial charge on any atom is 0.307 e. The molecular weight excluding hydrogens is 248 g/mol. The highest BCUT2D eigenvalue weighted by molar-refractivity contribution is 5.88. The van der Waals surface area contributed by atoms with Gasteiger partial charge in [-0.3, -0.25) is 14.4 Å². The Kier molecular flexibility index (Phi) is 6.05. The predicted molar refractivity (Wildman–Crippen MR) is 69.3 cm³/mol. The maximum atomic E-state index is 11.9. The van der Waals surface area contributed by atoms with Crippen LogP contribution in [0.5, 0.6) is 0 Å². The van der Waals surface area contributed by atoms with E-state index < -0.39 is 17.8 Å². The Bertz CT molecular complexity index is 379. The van der Waals surface area contributed by atoms with E-state index in [1.165, 1.54) is 0 Å². The van der Waals surface area contributed by atoms with Gasteiger partial charge in [-0.05, 0) is 19.3 Å². The fourth-order valence-electron chi connectivity index (χ4n) is 2.00. The highest BCUT2D eigenvalue weighted by Crippen LogP contribution is 2.25. The number of carbonyl (C=O) groups is 3. The third-order valence-electron chi connectivity index (χ3n) is 3.08. The van der Waals surface area contributed by atoms with E-state index in [1.54, 1.807) is 12.2 Å². The number of nitrogens with one attached hydrogen (secondary N) is 2. The normalized spacial score (nSPS) is 21.7. The van der Waals surface area contributed by atoms with Crippen LogP contribution in [0.4, 0.5) is 0 Å². The molecule has 106 valence electrons. The van der Waals surface area contributed by atoms with Crippen LogP contribution in [0.25, 0.3) is 0 Å². The monoisotopic (exact) mass is 268 g/mol. The smallest absolute Gasteiger partial charge is 0.307 e. The van der Waals surface area contributed by atoms with E-state index >= 15 is 0 Å². The van der Waals surface area contributed by atoms with Crippen molar-refractivity contribution >= 4 is 17.8 Å². The summed E-state index contributed by atoms with van der Waals surface area (Å²) >= 11 is 0. The van der Waals surface area contributed by atoms with E-state index in [-0.39, 0.29) is 18.4 Å². The minimum atomic E-state index is -0.972. The standard InChI is InChI=1S/C13H20N2O4/c1-2-7-14-11(16)8-15-12(17)9-5-3-4-6-10(9)13(18)19/h3-4,9-10H,2,5-8H2,1H3,(H,14,16)(H,15,17)(H,18,19)/t9-,10+/m1/s1. The van der Waals surface area contributed by atoms with Gasteiger partial charge < -0.3 is 15.7 Å². The molecule has 1 aliphatic carbocycles. The van der Waals surface area contributed by atoms with Crippen LogP contribution in [0.1, 0.15) is 26.2 Å². The summed E-state index contributed by atoms with van der Waals surface area (Å²) in [6, 6.07) is 0. The van der Waals surface area contributed by atoms with E-state index in [2.05, 4.69) is 10.6 Å². The van der Waals surface area contributed by atoms with Crippen LogP contribution in [0.3, 0.4) is 0 Å². The predicted octanol–water partition coefficient (Wildman–Crippen LogP) is 0.296. The molecule has 0 aliphatic heterocycles. The van der Waals surface area contributed by atoms with Crippen molar-refractivity contribution in [2.45, 2.75) is 26.2 Å². The van der Waals surface area contributed by atoms with Crippen molar-refractivity contribution < 1.29 is 19.5 Å². The number of rotatable bonds is 6. The van der Waals surface area contributed by atoms with Gasteiger partial charge in [0.15, 0.2) is 0 Å². The van der Waals surface area contributed by atoms with Crippen LogP contribution in [-0.4, -0.2) is 36.0 Å². The molecule has 0 bridgehead atoms. The summed E-state index contributed by atoms with van der Waals surface area (Å²) in [5, 5.41) is 14.2. The van der Waals surface area contributed by atoms with Crippen molar-refractivity contribution in [1.29, 1.82) is 0 Å². The lowest BCUT2D eigenvalue weighted by Crippen LogP contribution is -2.43. The summed E-state index contributed by atoms with van der Waals surface area (Å²) in [6.45, 7) is 2.40. The first kappa shape index (κ1) is 15.2. The first-order valence-electron chi connectivity index (χ1n) is 6.48. The van der Waals surface area contributed by atoms with Gasteiger partial charge in [-0.25, -0.2) is 0 Å². The minimum absolute atomic E-state index is 0.106. The third kappa shape index (κ3) is 4.73. The number of hydrogen-bond donors (Lipinski definition) is 3. The molecule has 0 unspecified atom stereocenters. The molecule has 0 aromatic carbocycles. The Balaban J connectivity index is 2.45. The van der Waals surface area contributed by atoms with Gasteiger partial charge in [0.2, 0.25) is 11.8 Å². The van der Waals surface area contributed by atoms with Crippen LogP contribution in [0, 0.1) is 11.8 Å². The van der Waals surface area contributed by atoms with Crippen LogP contribution >= 0.6 is 0 Å². The molecule has 0 aromatic heterocycles. The van der Waals surface area contributed by atoms with Gasteiger partial charge in [0.25, 0.3) is 0 Å². The average molecular weight is 268 g/mol. The Morgan fingerprint density at radius 2 is 1.79 bits per heavy atom. The molecule has 1 rings (SSSR count). The van der Waals surface area contributed by atoms with Crippen molar-refractivity contribution in [3.63, 3.8) is 0 Å². The summed E-state index contributed by atoms with van der Waals surface area (Å²) in [4.78, 5) is 34.3. The zero-order valence-corrected chi connectivity index (χ0v) is 11.0. The van der Waals surface area contributed by atoms with Gasteiger partial charge in [0.1, 0.15) is 0 Å². The molecule has 0 heterocycles. The Labute approximate surface area is 112 Å². The van der Waals surface area contributed by atoms with Gasteiger partial charge in [-0.1, -0.05) is 19.1 Å². The number of carboxylic acids is 1. The lowest BCUT2D eigenvalue weighted by molar-refractivity contribution is -0.147. The first-order valence-corrected chi connectivity index (χ1v) is 6.48. The molecule has 0 spiro atoms. The number of allylic oxidation sites excluding steroid dienone is 2. The largest absolute Gasteiger partial charge is 0.481 e. The number of carbonyl (C=O) groups excluding carboxylic acids is 2. The zero-order chi connectivity index (χ0) is 14.3. The average Bonchev–Trinajstić information content (AvgIpc) is 2.42. The second kappa shape index (κ2) is 7.56.